The standard InChI is InChI=1S/C17H19N3O/c1-2-12-5-3-7-14(9-12)16-19-17(21-20-16)15-8-4-6-13(10-15)11-18/h4,6,8,10,12,14H,2-3,5,7,9H2,1H3. The number of hydrogen-bond donors (Lipinski definition) is 0. The Morgan fingerprint density at radius 1 is 1.38 bits per heavy atom. The summed E-state index contributed by atoms with van der Waals surface area (Å²) in [5.41, 5.74) is 1.42. The zero-order valence-corrected chi connectivity index (χ0v) is 12.2. The SMILES string of the molecule is CCC1CCCC(c2noc(-c3cccc(C#N)c3)n2)C1. The molecule has 2 atom stereocenters. The van der Waals surface area contributed by atoms with Gasteiger partial charge in [0.25, 0.3) is 5.89 Å². The van der Waals surface area contributed by atoms with E-state index in [-0.39, 0.29) is 0 Å². The Labute approximate surface area is 124 Å². The van der Waals surface area contributed by atoms with E-state index in [0.29, 0.717) is 17.4 Å². The number of aromatic nitrogens is 2. The number of rotatable bonds is 3. The van der Waals surface area contributed by atoms with Gasteiger partial charge in [0.1, 0.15) is 0 Å². The molecule has 1 fully saturated rings. The highest BCUT2D eigenvalue weighted by Gasteiger charge is 2.26. The number of nitrogens with zero attached hydrogens (tertiary/aromatic N) is 3. The lowest BCUT2D eigenvalue weighted by molar-refractivity contribution is 0.300. The Morgan fingerprint density at radius 2 is 2.29 bits per heavy atom. The summed E-state index contributed by atoms with van der Waals surface area (Å²) in [6.45, 7) is 2.25. The molecule has 4 nitrogen and oxygen atoms in total. The summed E-state index contributed by atoms with van der Waals surface area (Å²) in [4.78, 5) is 4.56. The first-order chi connectivity index (χ1) is 10.3. The lowest BCUT2D eigenvalue weighted by atomic mass is 9.80. The van der Waals surface area contributed by atoms with Gasteiger partial charge in [-0.1, -0.05) is 37.4 Å². The molecule has 1 aliphatic rings. The molecule has 1 saturated carbocycles. The van der Waals surface area contributed by atoms with Gasteiger partial charge in [-0.25, -0.2) is 0 Å². The average molecular weight is 281 g/mol. The summed E-state index contributed by atoms with van der Waals surface area (Å²) >= 11 is 0. The third kappa shape index (κ3) is 2.97. The zero-order chi connectivity index (χ0) is 14.7. The van der Waals surface area contributed by atoms with E-state index in [1.807, 2.05) is 12.1 Å². The first-order valence-corrected chi connectivity index (χ1v) is 7.64. The van der Waals surface area contributed by atoms with Crippen LogP contribution >= 0.6 is 0 Å². The fraction of sp³-hybridized carbons (Fsp3) is 0.471. The third-order valence-corrected chi connectivity index (χ3v) is 4.41. The van der Waals surface area contributed by atoms with Crippen LogP contribution in [0.5, 0.6) is 0 Å². The van der Waals surface area contributed by atoms with Gasteiger partial charge in [0.2, 0.25) is 0 Å². The molecule has 21 heavy (non-hydrogen) atoms. The molecule has 108 valence electrons. The maximum absolute atomic E-state index is 8.96. The predicted molar refractivity (Wildman–Crippen MR) is 79.4 cm³/mol. The van der Waals surface area contributed by atoms with Crippen LogP contribution in [-0.4, -0.2) is 10.1 Å². The summed E-state index contributed by atoms with van der Waals surface area (Å²) in [7, 11) is 0. The van der Waals surface area contributed by atoms with Gasteiger partial charge in [0.05, 0.1) is 11.6 Å². The Hall–Kier alpha value is -2.15. The number of benzene rings is 1. The fourth-order valence-corrected chi connectivity index (χ4v) is 3.14. The van der Waals surface area contributed by atoms with Crippen molar-refractivity contribution in [2.45, 2.75) is 44.9 Å². The van der Waals surface area contributed by atoms with Crippen LogP contribution in [-0.2, 0) is 0 Å². The Morgan fingerprint density at radius 3 is 3.10 bits per heavy atom. The van der Waals surface area contributed by atoms with Gasteiger partial charge in [-0.2, -0.15) is 10.2 Å². The first kappa shape index (κ1) is 13.8. The predicted octanol–water partition coefficient (Wildman–Crippen LogP) is 4.29. The Kier molecular flexibility index (Phi) is 4.01. The topological polar surface area (TPSA) is 62.7 Å². The lowest BCUT2D eigenvalue weighted by Crippen LogP contribution is -2.14. The highest BCUT2D eigenvalue weighted by molar-refractivity contribution is 5.56. The second kappa shape index (κ2) is 6.09. The highest BCUT2D eigenvalue weighted by atomic mass is 16.5. The highest BCUT2D eigenvalue weighted by Crippen LogP contribution is 2.36. The van der Waals surface area contributed by atoms with E-state index in [1.54, 1.807) is 12.1 Å². The van der Waals surface area contributed by atoms with Crippen LogP contribution in [0.2, 0.25) is 0 Å². The molecule has 0 amide bonds. The van der Waals surface area contributed by atoms with E-state index in [4.69, 9.17) is 9.78 Å². The van der Waals surface area contributed by atoms with Gasteiger partial charge in [-0.05, 0) is 37.0 Å². The second-order valence-corrected chi connectivity index (χ2v) is 5.79. The molecule has 0 aliphatic heterocycles. The summed E-state index contributed by atoms with van der Waals surface area (Å²) < 4.78 is 5.40. The third-order valence-electron chi connectivity index (χ3n) is 4.41. The lowest BCUT2D eigenvalue weighted by Gasteiger charge is -2.26. The van der Waals surface area contributed by atoms with Crippen molar-refractivity contribution in [3.05, 3.63) is 35.7 Å². The van der Waals surface area contributed by atoms with Crippen LogP contribution in [0.4, 0.5) is 0 Å². The quantitative estimate of drug-likeness (QED) is 0.841. The van der Waals surface area contributed by atoms with Crippen LogP contribution in [0.3, 0.4) is 0 Å². The summed E-state index contributed by atoms with van der Waals surface area (Å²) in [5, 5.41) is 13.1. The van der Waals surface area contributed by atoms with Gasteiger partial charge in [0, 0.05) is 11.5 Å². The van der Waals surface area contributed by atoms with E-state index >= 15 is 0 Å². The first-order valence-electron chi connectivity index (χ1n) is 7.64. The molecule has 4 heteroatoms. The van der Waals surface area contributed by atoms with E-state index in [2.05, 4.69) is 23.1 Å². The van der Waals surface area contributed by atoms with E-state index in [1.165, 1.54) is 19.3 Å². The van der Waals surface area contributed by atoms with E-state index in [9.17, 15) is 0 Å². The Balaban J connectivity index is 1.81. The van der Waals surface area contributed by atoms with Crippen LogP contribution in [0.1, 0.15) is 56.3 Å². The second-order valence-electron chi connectivity index (χ2n) is 5.79. The van der Waals surface area contributed by atoms with Crippen molar-refractivity contribution in [1.82, 2.24) is 10.1 Å². The minimum absolute atomic E-state index is 0.417. The largest absolute Gasteiger partial charge is 0.334 e. The minimum Gasteiger partial charge on any atom is -0.334 e. The monoisotopic (exact) mass is 281 g/mol. The van der Waals surface area contributed by atoms with E-state index in [0.717, 1.165) is 30.1 Å². The van der Waals surface area contributed by atoms with Crippen LogP contribution < -0.4 is 0 Å². The van der Waals surface area contributed by atoms with Crippen LogP contribution in [0.25, 0.3) is 11.5 Å². The molecule has 0 radical (unpaired) electrons. The average Bonchev–Trinajstić information content (AvgIpc) is 3.05. The minimum atomic E-state index is 0.417. The molecular formula is C17H19N3O. The molecule has 3 rings (SSSR count). The molecule has 1 aromatic carbocycles. The molecular weight excluding hydrogens is 262 g/mol. The Bertz CT molecular complexity index is 656. The van der Waals surface area contributed by atoms with Crippen molar-refractivity contribution < 1.29 is 4.52 Å². The maximum Gasteiger partial charge on any atom is 0.257 e. The van der Waals surface area contributed by atoms with Gasteiger partial charge in [0.15, 0.2) is 5.82 Å². The van der Waals surface area contributed by atoms with Crippen molar-refractivity contribution >= 4 is 0 Å². The molecule has 0 N–H and O–H groups in total. The van der Waals surface area contributed by atoms with Gasteiger partial charge >= 0.3 is 0 Å². The van der Waals surface area contributed by atoms with E-state index < -0.39 is 0 Å². The number of nitriles is 1. The van der Waals surface area contributed by atoms with Crippen molar-refractivity contribution in [2.75, 3.05) is 0 Å². The van der Waals surface area contributed by atoms with Crippen molar-refractivity contribution in [3.8, 4) is 17.5 Å². The van der Waals surface area contributed by atoms with Gasteiger partial charge in [-0.15, -0.1) is 0 Å². The molecule has 1 heterocycles. The van der Waals surface area contributed by atoms with Crippen LogP contribution in [0.15, 0.2) is 28.8 Å². The molecule has 0 bridgehead atoms. The van der Waals surface area contributed by atoms with Crippen molar-refractivity contribution in [3.63, 3.8) is 0 Å². The van der Waals surface area contributed by atoms with Crippen molar-refractivity contribution in [2.24, 2.45) is 5.92 Å². The molecule has 1 aliphatic carbocycles. The zero-order valence-electron chi connectivity index (χ0n) is 12.2. The smallest absolute Gasteiger partial charge is 0.257 e. The number of hydrogen-bond acceptors (Lipinski definition) is 4. The summed E-state index contributed by atoms with van der Waals surface area (Å²) in [6, 6.07) is 9.42. The van der Waals surface area contributed by atoms with Gasteiger partial charge < -0.3 is 4.52 Å². The fourth-order valence-electron chi connectivity index (χ4n) is 3.14. The summed E-state index contributed by atoms with van der Waals surface area (Å²) in [5.74, 6) is 2.54. The maximum atomic E-state index is 8.96. The molecule has 2 unspecified atom stereocenters. The molecule has 0 saturated heterocycles. The molecule has 2 aromatic rings. The molecule has 0 spiro atoms. The van der Waals surface area contributed by atoms with Crippen molar-refractivity contribution in [1.29, 1.82) is 5.26 Å². The van der Waals surface area contributed by atoms with Crippen LogP contribution in [0, 0.1) is 17.2 Å². The molecule has 1 aromatic heterocycles. The van der Waals surface area contributed by atoms with Gasteiger partial charge in [-0.3, -0.25) is 0 Å². The summed E-state index contributed by atoms with van der Waals surface area (Å²) in [6.07, 6.45) is 6.10. The normalized spacial score (nSPS) is 21.9.